The lowest BCUT2D eigenvalue weighted by molar-refractivity contribution is -0.132. The first-order chi connectivity index (χ1) is 12.0. The molecule has 130 valence electrons. The van der Waals surface area contributed by atoms with Gasteiger partial charge in [-0.25, -0.2) is 14.8 Å². The van der Waals surface area contributed by atoms with E-state index in [1.807, 2.05) is 24.0 Å². The van der Waals surface area contributed by atoms with E-state index in [0.29, 0.717) is 11.5 Å². The predicted octanol–water partition coefficient (Wildman–Crippen LogP) is 3.22. The summed E-state index contributed by atoms with van der Waals surface area (Å²) in [4.78, 5) is 34.2. The second kappa shape index (κ2) is 7.01. The number of likely N-dealkylation sites (tertiary alicyclic amines) is 1. The number of hydrogen-bond acceptors (Lipinski definition) is 4. The zero-order valence-electron chi connectivity index (χ0n) is 14.4. The second-order valence-corrected chi connectivity index (χ2v) is 6.36. The van der Waals surface area contributed by atoms with Gasteiger partial charge in [0.05, 0.1) is 17.3 Å². The molecule has 25 heavy (non-hydrogen) atoms. The minimum Gasteiger partial charge on any atom is -0.478 e. The maximum absolute atomic E-state index is 11.9. The van der Waals surface area contributed by atoms with Crippen LogP contribution in [0.15, 0.2) is 30.3 Å². The van der Waals surface area contributed by atoms with Crippen LogP contribution in [0.2, 0.25) is 0 Å². The third kappa shape index (κ3) is 3.68. The fraction of sp³-hybridized carbons (Fsp3) is 0.368. The van der Waals surface area contributed by atoms with Crippen molar-refractivity contribution in [3.05, 3.63) is 47.4 Å². The molecule has 1 aromatic heterocycles. The van der Waals surface area contributed by atoms with Gasteiger partial charge in [0.25, 0.3) is 0 Å². The fourth-order valence-electron chi connectivity index (χ4n) is 3.28. The Bertz CT molecular complexity index is 819. The van der Waals surface area contributed by atoms with Crippen LogP contribution in [0.25, 0.3) is 11.3 Å². The Morgan fingerprint density at radius 3 is 2.72 bits per heavy atom. The van der Waals surface area contributed by atoms with Crippen molar-refractivity contribution in [3.63, 3.8) is 0 Å². The number of aromatic carboxylic acids is 1. The fourth-order valence-corrected chi connectivity index (χ4v) is 3.28. The molecule has 0 unspecified atom stereocenters. The Kier molecular flexibility index (Phi) is 4.79. The average Bonchev–Trinajstić information content (AvgIpc) is 2.61. The molecule has 0 saturated carbocycles. The number of piperidine rings is 1. The van der Waals surface area contributed by atoms with Gasteiger partial charge in [0.2, 0.25) is 5.91 Å². The topological polar surface area (TPSA) is 83.4 Å². The van der Waals surface area contributed by atoms with Gasteiger partial charge in [-0.15, -0.1) is 0 Å². The van der Waals surface area contributed by atoms with Crippen molar-refractivity contribution in [1.29, 1.82) is 0 Å². The summed E-state index contributed by atoms with van der Waals surface area (Å²) in [7, 11) is 0. The van der Waals surface area contributed by atoms with Gasteiger partial charge >= 0.3 is 5.97 Å². The molecule has 0 radical (unpaired) electrons. The summed E-state index contributed by atoms with van der Waals surface area (Å²) >= 11 is 0. The molecule has 1 aliphatic rings. The van der Waals surface area contributed by atoms with E-state index < -0.39 is 5.97 Å². The number of amides is 1. The van der Waals surface area contributed by atoms with E-state index >= 15 is 0 Å². The van der Waals surface area contributed by atoms with E-state index in [1.165, 1.54) is 0 Å². The first kappa shape index (κ1) is 17.1. The maximum Gasteiger partial charge on any atom is 0.335 e. The van der Waals surface area contributed by atoms with Gasteiger partial charge in [-0.05, 0) is 44.4 Å². The molecular weight excluding hydrogens is 318 g/mol. The highest BCUT2D eigenvalue weighted by Gasteiger charge is 2.28. The van der Waals surface area contributed by atoms with Crippen molar-refractivity contribution >= 4 is 11.9 Å². The third-order valence-corrected chi connectivity index (χ3v) is 4.48. The van der Waals surface area contributed by atoms with Gasteiger partial charge in [0.15, 0.2) is 5.82 Å². The standard InChI is InChI=1S/C19H21N3O3/c1-12-10-16(14-6-5-7-15(11-14)19(24)25)21-18(20-12)17-8-3-4-9-22(17)13(2)23/h5-7,10-11,17H,3-4,8-9H2,1-2H3,(H,24,25)/t17-/m0/s1. The lowest BCUT2D eigenvalue weighted by Gasteiger charge is -2.34. The predicted molar refractivity (Wildman–Crippen MR) is 93.1 cm³/mol. The zero-order chi connectivity index (χ0) is 18.0. The van der Waals surface area contributed by atoms with Crippen molar-refractivity contribution in [2.45, 2.75) is 39.2 Å². The van der Waals surface area contributed by atoms with E-state index in [1.54, 1.807) is 25.1 Å². The molecule has 0 bridgehead atoms. The van der Waals surface area contributed by atoms with Crippen LogP contribution in [-0.2, 0) is 4.79 Å². The van der Waals surface area contributed by atoms with Gasteiger partial charge in [0, 0.05) is 24.7 Å². The van der Waals surface area contributed by atoms with Crippen LogP contribution < -0.4 is 0 Å². The molecule has 1 N–H and O–H groups in total. The first-order valence-electron chi connectivity index (χ1n) is 8.42. The molecule has 3 rings (SSSR count). The van der Waals surface area contributed by atoms with Crippen LogP contribution in [0.4, 0.5) is 0 Å². The molecule has 1 fully saturated rings. The van der Waals surface area contributed by atoms with Crippen molar-refractivity contribution in [3.8, 4) is 11.3 Å². The molecule has 1 amide bonds. The number of nitrogens with zero attached hydrogens (tertiary/aromatic N) is 3. The Hall–Kier alpha value is -2.76. The highest BCUT2D eigenvalue weighted by atomic mass is 16.4. The van der Waals surface area contributed by atoms with E-state index in [2.05, 4.69) is 9.97 Å². The molecule has 6 nitrogen and oxygen atoms in total. The summed E-state index contributed by atoms with van der Waals surface area (Å²) in [5, 5.41) is 9.19. The lowest BCUT2D eigenvalue weighted by atomic mass is 10.0. The summed E-state index contributed by atoms with van der Waals surface area (Å²) in [6.45, 7) is 4.18. The molecule has 2 aromatic rings. The van der Waals surface area contributed by atoms with Crippen LogP contribution >= 0.6 is 0 Å². The van der Waals surface area contributed by atoms with Crippen LogP contribution in [0.5, 0.6) is 0 Å². The Labute approximate surface area is 146 Å². The average molecular weight is 339 g/mol. The zero-order valence-corrected chi connectivity index (χ0v) is 14.4. The number of aryl methyl sites for hydroxylation is 1. The maximum atomic E-state index is 11.9. The largest absolute Gasteiger partial charge is 0.478 e. The second-order valence-electron chi connectivity index (χ2n) is 6.36. The summed E-state index contributed by atoms with van der Waals surface area (Å²) in [5.41, 5.74) is 2.43. The van der Waals surface area contributed by atoms with E-state index in [-0.39, 0.29) is 17.5 Å². The van der Waals surface area contributed by atoms with Gasteiger partial charge in [-0.3, -0.25) is 4.79 Å². The van der Waals surface area contributed by atoms with Gasteiger partial charge in [0.1, 0.15) is 0 Å². The molecule has 0 aliphatic carbocycles. The lowest BCUT2D eigenvalue weighted by Crippen LogP contribution is -2.37. The van der Waals surface area contributed by atoms with E-state index in [4.69, 9.17) is 0 Å². The van der Waals surface area contributed by atoms with E-state index in [0.717, 1.165) is 37.1 Å². The number of rotatable bonds is 3. The minimum atomic E-state index is -0.970. The smallest absolute Gasteiger partial charge is 0.335 e. The Morgan fingerprint density at radius 2 is 2.00 bits per heavy atom. The van der Waals surface area contributed by atoms with Crippen LogP contribution in [-0.4, -0.2) is 38.4 Å². The van der Waals surface area contributed by atoms with Crippen molar-refractivity contribution < 1.29 is 14.7 Å². The molecule has 1 saturated heterocycles. The number of aromatic nitrogens is 2. The van der Waals surface area contributed by atoms with Gasteiger partial charge in [-0.2, -0.15) is 0 Å². The minimum absolute atomic E-state index is 0.0317. The molecule has 6 heteroatoms. The van der Waals surface area contributed by atoms with Gasteiger partial charge < -0.3 is 10.0 Å². The highest BCUT2D eigenvalue weighted by Crippen LogP contribution is 2.30. The van der Waals surface area contributed by atoms with Crippen molar-refractivity contribution in [2.75, 3.05) is 6.54 Å². The summed E-state index contributed by atoms with van der Waals surface area (Å²) in [5.74, 6) is -0.308. The summed E-state index contributed by atoms with van der Waals surface area (Å²) < 4.78 is 0. The van der Waals surface area contributed by atoms with Crippen molar-refractivity contribution in [1.82, 2.24) is 14.9 Å². The molecule has 1 aromatic carbocycles. The number of carboxylic acids is 1. The molecule has 2 heterocycles. The summed E-state index contributed by atoms with van der Waals surface area (Å²) in [6, 6.07) is 8.43. The number of carbonyl (C=O) groups excluding carboxylic acids is 1. The van der Waals surface area contributed by atoms with Crippen LogP contribution in [0.1, 0.15) is 54.1 Å². The van der Waals surface area contributed by atoms with E-state index in [9.17, 15) is 14.7 Å². The van der Waals surface area contributed by atoms with Crippen molar-refractivity contribution in [2.24, 2.45) is 0 Å². The van der Waals surface area contributed by atoms with Gasteiger partial charge in [-0.1, -0.05) is 12.1 Å². The molecular formula is C19H21N3O3. The number of benzene rings is 1. The SMILES string of the molecule is CC(=O)N1CCCC[C@H]1c1nc(C)cc(-c2cccc(C(=O)O)c2)n1. The monoisotopic (exact) mass is 339 g/mol. The molecule has 1 atom stereocenters. The molecule has 0 spiro atoms. The quantitative estimate of drug-likeness (QED) is 0.928. The normalized spacial score (nSPS) is 17.4. The highest BCUT2D eigenvalue weighted by molar-refractivity contribution is 5.89. The first-order valence-corrected chi connectivity index (χ1v) is 8.42. The molecule has 1 aliphatic heterocycles. The third-order valence-electron chi connectivity index (χ3n) is 4.48. The van der Waals surface area contributed by atoms with Crippen LogP contribution in [0.3, 0.4) is 0 Å². The number of carboxylic acid groups (broad SMARTS) is 1. The summed E-state index contributed by atoms with van der Waals surface area (Å²) in [6.07, 6.45) is 2.88. The van der Waals surface area contributed by atoms with Crippen LogP contribution in [0, 0.1) is 6.92 Å². The number of carbonyl (C=O) groups is 2. The number of hydrogen-bond donors (Lipinski definition) is 1. The Balaban J connectivity index is 2.02. The Morgan fingerprint density at radius 1 is 1.20 bits per heavy atom.